The third kappa shape index (κ3) is 9.06. The van der Waals surface area contributed by atoms with Crippen molar-refractivity contribution in [3.05, 3.63) is 258 Å². The Kier molecular flexibility index (Phi) is 12.4. The van der Waals surface area contributed by atoms with E-state index in [1.165, 1.54) is 6.92 Å². The monoisotopic (exact) mass is 924 g/mol. The van der Waals surface area contributed by atoms with Gasteiger partial charge in [0.2, 0.25) is 52.2 Å². The summed E-state index contributed by atoms with van der Waals surface area (Å²) in [6.07, 6.45) is 0. The van der Waals surface area contributed by atoms with Gasteiger partial charge in [0.15, 0.2) is 11.5 Å². The zero-order valence-electron chi connectivity index (χ0n) is 38.1. The summed E-state index contributed by atoms with van der Waals surface area (Å²) in [6.45, 7) is 1.36. The van der Waals surface area contributed by atoms with E-state index in [0.29, 0.717) is 22.3 Å². The average molecular weight is 925 g/mol. The smallest absolute Gasteiger partial charge is 0.247 e. The molecule has 340 valence electrons. The second kappa shape index (κ2) is 19.5. The maximum Gasteiger partial charge on any atom is 0.247 e. The lowest BCUT2D eigenvalue weighted by Gasteiger charge is -2.30. The number of rotatable bonds is 14. The van der Waals surface area contributed by atoms with Crippen molar-refractivity contribution in [3.63, 3.8) is 0 Å². The number of carbonyl (C=O) groups excluding carboxylic acids is 5. The number of nitrogens with one attached hydrogen (secondary N) is 1. The Hall–Kier alpha value is -9.74. The topological polar surface area (TPSA) is 161 Å². The molecule has 0 aliphatic carbocycles. The summed E-state index contributed by atoms with van der Waals surface area (Å²) in [5, 5.41) is 2.95. The Balaban J connectivity index is 1.13. The molecule has 0 fully saturated rings. The molecule has 2 heterocycles. The quantitative estimate of drug-likeness (QED) is 0.105. The number of carbonyl (C=O) groups is 5. The lowest BCUT2D eigenvalue weighted by atomic mass is 9.94. The summed E-state index contributed by atoms with van der Waals surface area (Å²) >= 11 is 0. The van der Waals surface area contributed by atoms with Gasteiger partial charge >= 0.3 is 0 Å². The van der Waals surface area contributed by atoms with E-state index in [1.807, 2.05) is 121 Å². The highest BCUT2D eigenvalue weighted by molar-refractivity contribution is 6.54. The zero-order chi connectivity index (χ0) is 48.9. The van der Waals surface area contributed by atoms with Gasteiger partial charge in [-0.15, -0.1) is 0 Å². The molecule has 1 N–H and O–H groups in total. The summed E-state index contributed by atoms with van der Waals surface area (Å²) in [4.78, 5) is 97.7. The van der Waals surface area contributed by atoms with Crippen LogP contribution >= 0.6 is 0 Å². The Morgan fingerprint density at radius 1 is 0.352 bits per heavy atom. The molecule has 1 unspecified atom stereocenters. The Bertz CT molecular complexity index is 3500. The second-order valence-corrected chi connectivity index (χ2v) is 16.7. The summed E-state index contributed by atoms with van der Waals surface area (Å²) in [5.41, 5.74) is 3.85. The Labute approximate surface area is 408 Å². The number of amidine groups is 2. The minimum Gasteiger partial charge on any atom is -0.336 e. The molecule has 0 amide bonds. The van der Waals surface area contributed by atoms with Crippen LogP contribution in [0.2, 0.25) is 0 Å². The molecule has 0 saturated heterocycles. The predicted molar refractivity (Wildman–Crippen MR) is 274 cm³/mol. The van der Waals surface area contributed by atoms with Crippen LogP contribution in [0.15, 0.2) is 228 Å². The van der Waals surface area contributed by atoms with Crippen LogP contribution in [0.4, 0.5) is 0 Å². The largest absolute Gasteiger partial charge is 0.336 e. The molecule has 1 aromatic heterocycles. The first kappa shape index (κ1) is 45.1. The second-order valence-electron chi connectivity index (χ2n) is 16.7. The molecule has 0 radical (unpaired) electrons. The number of ketones is 5. The normalized spacial score (nSPS) is 14.0. The molecule has 11 heteroatoms. The van der Waals surface area contributed by atoms with Gasteiger partial charge in [-0.05, 0) is 51.4 Å². The van der Waals surface area contributed by atoms with Gasteiger partial charge in [0, 0.05) is 22.3 Å². The van der Waals surface area contributed by atoms with Crippen molar-refractivity contribution >= 4 is 40.6 Å². The van der Waals surface area contributed by atoms with E-state index in [2.05, 4.69) is 30.3 Å². The van der Waals surface area contributed by atoms with Gasteiger partial charge in [-0.2, -0.15) is 0 Å². The fourth-order valence-corrected chi connectivity index (χ4v) is 8.54. The fraction of sp³-hybridized carbons (Fsp3) is 0.0333. The van der Waals surface area contributed by atoms with Crippen molar-refractivity contribution < 1.29 is 24.0 Å². The number of benzene rings is 8. The molecule has 1 aliphatic heterocycles. The van der Waals surface area contributed by atoms with E-state index in [1.54, 1.807) is 97.1 Å². The predicted octanol–water partition coefficient (Wildman–Crippen LogP) is 11.1. The first-order valence-electron chi connectivity index (χ1n) is 22.7. The molecule has 71 heavy (non-hydrogen) atoms. The molecular formula is C60H40N6O5. The molecule has 9 aromatic rings. The molecule has 10 rings (SSSR count). The molecule has 0 bridgehead atoms. The van der Waals surface area contributed by atoms with Gasteiger partial charge in [0.05, 0.1) is 0 Å². The van der Waals surface area contributed by atoms with Gasteiger partial charge in [-0.25, -0.2) is 24.9 Å². The van der Waals surface area contributed by atoms with Crippen molar-refractivity contribution in [1.29, 1.82) is 0 Å². The maximum absolute atomic E-state index is 15.5. The lowest BCUT2D eigenvalue weighted by Crippen LogP contribution is -2.56. The van der Waals surface area contributed by atoms with Crippen molar-refractivity contribution in [1.82, 2.24) is 20.3 Å². The minimum atomic E-state index is -2.23. The third-order valence-corrected chi connectivity index (χ3v) is 12.0. The third-order valence-electron chi connectivity index (χ3n) is 12.0. The maximum atomic E-state index is 15.5. The fourth-order valence-electron chi connectivity index (χ4n) is 8.54. The van der Waals surface area contributed by atoms with E-state index in [9.17, 15) is 19.2 Å². The number of Topliss-reactive ketones (excluding diaryl/α,β-unsaturated/α-hetero) is 3. The molecule has 1 aliphatic rings. The highest BCUT2D eigenvalue weighted by Crippen LogP contribution is 2.31. The molecular weight excluding hydrogens is 885 g/mol. The Morgan fingerprint density at radius 3 is 1.01 bits per heavy atom. The summed E-state index contributed by atoms with van der Waals surface area (Å²) in [5.74, 6) is -6.14. The lowest BCUT2D eigenvalue weighted by molar-refractivity contribution is 0.0875. The van der Waals surface area contributed by atoms with Crippen molar-refractivity contribution in [2.45, 2.75) is 12.6 Å². The standard InChI is InChI=1S/C60H40N6O5/c1-60(65-57(52(69)48-36-20-16-32-44(48)40-26-10-4-11-27-40)64-58(66-60)53(70)49-37-21-17-33-45(49)41-28-12-5-13-29-41)54(71)59-62-55(50(67)46-34-18-14-30-42(46)38-22-6-2-7-23-38)61-56(63-59)51(68)47-35-19-15-31-43(47)39-24-8-3-9-25-39/h2-37H,1H3,(H,64,65,66). The summed E-state index contributed by atoms with van der Waals surface area (Å²) in [7, 11) is 0. The van der Waals surface area contributed by atoms with Crippen molar-refractivity contribution in [2.24, 2.45) is 9.98 Å². The van der Waals surface area contributed by atoms with Gasteiger partial charge in [0.1, 0.15) is 0 Å². The van der Waals surface area contributed by atoms with Gasteiger partial charge in [-0.3, -0.25) is 24.0 Å². The van der Waals surface area contributed by atoms with Gasteiger partial charge < -0.3 is 5.32 Å². The summed E-state index contributed by atoms with van der Waals surface area (Å²) in [6, 6.07) is 64.7. The van der Waals surface area contributed by atoms with Crippen LogP contribution in [-0.2, 0) is 0 Å². The first-order chi connectivity index (χ1) is 34.7. The first-order valence-corrected chi connectivity index (χ1v) is 22.7. The highest BCUT2D eigenvalue weighted by Gasteiger charge is 2.43. The molecule has 0 saturated carbocycles. The highest BCUT2D eigenvalue weighted by atomic mass is 16.2. The minimum absolute atomic E-state index is 0.202. The number of hydrogen-bond donors (Lipinski definition) is 1. The van der Waals surface area contributed by atoms with Gasteiger partial charge in [0.25, 0.3) is 0 Å². The molecule has 0 spiro atoms. The van der Waals surface area contributed by atoms with Crippen molar-refractivity contribution in [2.75, 3.05) is 0 Å². The van der Waals surface area contributed by atoms with E-state index in [0.717, 1.165) is 22.3 Å². The van der Waals surface area contributed by atoms with E-state index in [4.69, 9.17) is 0 Å². The van der Waals surface area contributed by atoms with Crippen molar-refractivity contribution in [3.8, 4) is 44.5 Å². The molecule has 11 nitrogen and oxygen atoms in total. The van der Waals surface area contributed by atoms with Crippen LogP contribution < -0.4 is 5.32 Å². The summed E-state index contributed by atoms with van der Waals surface area (Å²) < 4.78 is 0. The van der Waals surface area contributed by atoms with Crippen LogP contribution in [-0.4, -0.2) is 61.2 Å². The van der Waals surface area contributed by atoms with Crippen LogP contribution in [0.3, 0.4) is 0 Å². The van der Waals surface area contributed by atoms with E-state index in [-0.39, 0.29) is 28.1 Å². The molecule has 1 atom stereocenters. The average Bonchev–Trinajstić information content (AvgIpc) is 3.44. The van der Waals surface area contributed by atoms with Crippen LogP contribution in [0.5, 0.6) is 0 Å². The van der Waals surface area contributed by atoms with E-state index < -0.39 is 57.9 Å². The number of nitrogens with zero attached hydrogens (tertiary/aromatic N) is 5. The van der Waals surface area contributed by atoms with Gasteiger partial charge in [-0.1, -0.05) is 218 Å². The van der Waals surface area contributed by atoms with Crippen LogP contribution in [0.1, 0.15) is 70.6 Å². The van der Waals surface area contributed by atoms with Crippen LogP contribution in [0.25, 0.3) is 44.5 Å². The number of aliphatic imine (C=N–C) groups is 2. The van der Waals surface area contributed by atoms with E-state index >= 15 is 4.79 Å². The van der Waals surface area contributed by atoms with Crippen LogP contribution in [0, 0.1) is 0 Å². The Morgan fingerprint density at radius 2 is 0.648 bits per heavy atom. The molecule has 8 aromatic carbocycles. The number of hydrogen-bond acceptors (Lipinski definition) is 11. The SMILES string of the molecule is CC1(C(=O)c2nc(C(=O)c3ccccc3-c3ccccc3)nc(C(=O)c3ccccc3-c3ccccc3)n2)N=C(C(=O)c2ccccc2-c2ccccc2)N=C(C(=O)c2ccccc2-c2ccccc2)N1. The number of aromatic nitrogens is 3. The zero-order valence-corrected chi connectivity index (χ0v) is 38.1.